The van der Waals surface area contributed by atoms with Crippen LogP contribution in [0.5, 0.6) is 0 Å². The second-order valence-corrected chi connectivity index (χ2v) is 6.37. The summed E-state index contributed by atoms with van der Waals surface area (Å²) in [6, 6.07) is 1.72. The molecule has 5 nitrogen and oxygen atoms in total. The van der Waals surface area contributed by atoms with E-state index in [1.807, 2.05) is 20.8 Å². The zero-order valence-corrected chi connectivity index (χ0v) is 12.0. The van der Waals surface area contributed by atoms with Crippen molar-refractivity contribution in [2.75, 3.05) is 13.1 Å². The van der Waals surface area contributed by atoms with Crippen molar-refractivity contribution in [3.63, 3.8) is 0 Å². The first-order chi connectivity index (χ1) is 8.79. The maximum Gasteiger partial charge on any atom is 0.276 e. The van der Waals surface area contributed by atoms with Gasteiger partial charge in [-0.1, -0.05) is 25.9 Å². The van der Waals surface area contributed by atoms with Crippen LogP contribution in [0.2, 0.25) is 0 Å². The number of carbonyl (C=O) groups is 1. The van der Waals surface area contributed by atoms with Crippen LogP contribution in [0.15, 0.2) is 10.6 Å². The number of nitrogens with zero attached hydrogens (tertiary/aromatic N) is 2. The monoisotopic (exact) mass is 266 g/mol. The molecule has 1 N–H and O–H groups in total. The zero-order chi connectivity index (χ0) is 14.2. The number of hydrogen-bond donors (Lipinski definition) is 1. The van der Waals surface area contributed by atoms with E-state index in [2.05, 4.69) is 5.16 Å². The molecule has 2 rings (SSSR count). The van der Waals surface area contributed by atoms with E-state index in [0.29, 0.717) is 24.5 Å². The fourth-order valence-corrected chi connectivity index (χ4v) is 2.26. The lowest BCUT2D eigenvalue weighted by molar-refractivity contribution is 0.0752. The number of carbonyl (C=O) groups excluding carboxylic acids is 1. The van der Waals surface area contributed by atoms with Crippen LogP contribution in [0, 0.1) is 5.92 Å². The molecule has 0 spiro atoms. The quantitative estimate of drug-likeness (QED) is 0.886. The van der Waals surface area contributed by atoms with Crippen LogP contribution in [0.4, 0.5) is 0 Å². The summed E-state index contributed by atoms with van der Waals surface area (Å²) in [7, 11) is 0. The van der Waals surface area contributed by atoms with E-state index in [-0.39, 0.29) is 23.3 Å². The Kier molecular flexibility index (Phi) is 3.67. The van der Waals surface area contributed by atoms with E-state index in [1.165, 1.54) is 0 Å². The van der Waals surface area contributed by atoms with Gasteiger partial charge in [-0.25, -0.2) is 0 Å². The Hall–Kier alpha value is -1.36. The van der Waals surface area contributed by atoms with Crippen molar-refractivity contribution in [2.45, 2.75) is 45.6 Å². The van der Waals surface area contributed by atoms with Crippen LogP contribution in [0.1, 0.15) is 50.4 Å². The number of rotatable bonds is 2. The van der Waals surface area contributed by atoms with Crippen LogP contribution >= 0.6 is 0 Å². The third-order valence-electron chi connectivity index (χ3n) is 3.66. The Bertz CT molecular complexity index is 460. The highest BCUT2D eigenvalue weighted by molar-refractivity contribution is 5.92. The summed E-state index contributed by atoms with van der Waals surface area (Å²) in [6.07, 6.45) is 0.466. The predicted molar refractivity (Wildman–Crippen MR) is 70.9 cm³/mol. The second kappa shape index (κ2) is 4.96. The molecule has 1 amide bonds. The minimum atomic E-state index is -0.375. The third-order valence-corrected chi connectivity index (χ3v) is 3.66. The highest BCUT2D eigenvalue weighted by Crippen LogP contribution is 2.25. The Morgan fingerprint density at radius 2 is 2.26 bits per heavy atom. The normalized spacial score (nSPS) is 21.7. The van der Waals surface area contributed by atoms with Gasteiger partial charge >= 0.3 is 0 Å². The van der Waals surface area contributed by atoms with E-state index >= 15 is 0 Å². The van der Waals surface area contributed by atoms with Crippen molar-refractivity contribution in [3.8, 4) is 0 Å². The molecule has 5 heteroatoms. The van der Waals surface area contributed by atoms with Crippen molar-refractivity contribution in [2.24, 2.45) is 5.92 Å². The summed E-state index contributed by atoms with van der Waals surface area (Å²) >= 11 is 0. The summed E-state index contributed by atoms with van der Waals surface area (Å²) in [4.78, 5) is 14.0. The Labute approximate surface area is 113 Å². The largest absolute Gasteiger partial charge is 0.393 e. The van der Waals surface area contributed by atoms with Gasteiger partial charge in [-0.3, -0.25) is 4.79 Å². The number of amides is 1. The topological polar surface area (TPSA) is 66.6 Å². The van der Waals surface area contributed by atoms with Crippen LogP contribution in [-0.4, -0.2) is 40.3 Å². The Morgan fingerprint density at radius 1 is 1.58 bits per heavy atom. The number of aliphatic hydroxyl groups is 1. The second-order valence-electron chi connectivity index (χ2n) is 6.37. The summed E-state index contributed by atoms with van der Waals surface area (Å²) in [5.74, 6) is 0.766. The van der Waals surface area contributed by atoms with Crippen LogP contribution in [-0.2, 0) is 5.41 Å². The Balaban J connectivity index is 2.07. The number of hydrogen-bond acceptors (Lipinski definition) is 4. The lowest BCUT2D eigenvalue weighted by Crippen LogP contribution is -2.30. The summed E-state index contributed by atoms with van der Waals surface area (Å²) in [5, 5.41) is 13.4. The molecule has 0 saturated carbocycles. The third kappa shape index (κ3) is 2.97. The molecule has 1 saturated heterocycles. The highest BCUT2D eigenvalue weighted by atomic mass is 16.5. The molecule has 1 aromatic heterocycles. The molecule has 106 valence electrons. The van der Waals surface area contributed by atoms with Crippen molar-refractivity contribution in [1.29, 1.82) is 0 Å². The standard InChI is InChI=1S/C14H22N2O3/c1-9(17)10-5-6-16(8-10)13(18)11-7-12(19-15-11)14(2,3)4/h7,9-10,17H,5-6,8H2,1-4H3. The average molecular weight is 266 g/mol. The van der Waals surface area contributed by atoms with Gasteiger partial charge in [0, 0.05) is 30.5 Å². The Morgan fingerprint density at radius 3 is 2.74 bits per heavy atom. The van der Waals surface area contributed by atoms with Gasteiger partial charge in [0.2, 0.25) is 0 Å². The number of aromatic nitrogens is 1. The van der Waals surface area contributed by atoms with Gasteiger partial charge in [0.1, 0.15) is 5.76 Å². The van der Waals surface area contributed by atoms with Gasteiger partial charge < -0.3 is 14.5 Å². The minimum Gasteiger partial charge on any atom is -0.393 e. The van der Waals surface area contributed by atoms with Gasteiger partial charge in [-0.15, -0.1) is 0 Å². The lowest BCUT2D eigenvalue weighted by Gasteiger charge is -2.16. The zero-order valence-electron chi connectivity index (χ0n) is 12.0. The fourth-order valence-electron chi connectivity index (χ4n) is 2.26. The molecule has 2 atom stereocenters. The first-order valence-electron chi connectivity index (χ1n) is 6.73. The maximum absolute atomic E-state index is 12.3. The van der Waals surface area contributed by atoms with Crippen LogP contribution < -0.4 is 0 Å². The van der Waals surface area contributed by atoms with Gasteiger partial charge in [0.05, 0.1) is 6.10 Å². The van der Waals surface area contributed by atoms with Gasteiger partial charge in [-0.2, -0.15) is 0 Å². The first kappa shape index (κ1) is 14.1. The summed E-state index contributed by atoms with van der Waals surface area (Å²) in [5.41, 5.74) is 0.203. The molecule has 19 heavy (non-hydrogen) atoms. The summed E-state index contributed by atoms with van der Waals surface area (Å²) in [6.45, 7) is 9.08. The van der Waals surface area contributed by atoms with E-state index in [0.717, 1.165) is 6.42 Å². The van der Waals surface area contributed by atoms with Crippen molar-refractivity contribution >= 4 is 5.91 Å². The van der Waals surface area contributed by atoms with Gasteiger partial charge in [0.25, 0.3) is 5.91 Å². The molecule has 1 aromatic rings. The van der Waals surface area contributed by atoms with Crippen molar-refractivity contribution in [1.82, 2.24) is 10.1 Å². The maximum atomic E-state index is 12.3. The molecular weight excluding hydrogens is 244 g/mol. The smallest absolute Gasteiger partial charge is 0.276 e. The number of likely N-dealkylation sites (tertiary alicyclic amines) is 1. The molecule has 0 aliphatic carbocycles. The van der Waals surface area contributed by atoms with Crippen LogP contribution in [0.3, 0.4) is 0 Å². The SMILES string of the molecule is CC(O)C1CCN(C(=O)c2cc(C(C)(C)C)on2)C1. The van der Waals surface area contributed by atoms with E-state index in [1.54, 1.807) is 17.9 Å². The van der Waals surface area contributed by atoms with Gasteiger partial charge in [0.15, 0.2) is 5.69 Å². The highest BCUT2D eigenvalue weighted by Gasteiger charge is 2.31. The van der Waals surface area contributed by atoms with E-state index < -0.39 is 0 Å². The first-order valence-corrected chi connectivity index (χ1v) is 6.73. The molecule has 2 unspecified atom stereocenters. The van der Waals surface area contributed by atoms with E-state index in [4.69, 9.17) is 4.52 Å². The van der Waals surface area contributed by atoms with Crippen molar-refractivity contribution in [3.05, 3.63) is 17.5 Å². The molecule has 0 radical (unpaired) electrons. The number of aliphatic hydroxyl groups excluding tert-OH is 1. The minimum absolute atomic E-state index is 0.109. The van der Waals surface area contributed by atoms with Gasteiger partial charge in [-0.05, 0) is 13.3 Å². The predicted octanol–water partition coefficient (Wildman–Crippen LogP) is 1.82. The van der Waals surface area contributed by atoms with Crippen LogP contribution in [0.25, 0.3) is 0 Å². The molecule has 0 aromatic carbocycles. The average Bonchev–Trinajstić information content (AvgIpc) is 2.97. The molecule has 1 fully saturated rings. The molecule has 1 aliphatic rings. The molecule has 2 heterocycles. The molecule has 1 aliphatic heterocycles. The van der Waals surface area contributed by atoms with E-state index in [9.17, 15) is 9.90 Å². The summed E-state index contributed by atoms with van der Waals surface area (Å²) < 4.78 is 5.24. The molecular formula is C14H22N2O3. The van der Waals surface area contributed by atoms with Crippen molar-refractivity contribution < 1.29 is 14.4 Å². The fraction of sp³-hybridized carbons (Fsp3) is 0.714. The lowest BCUT2D eigenvalue weighted by atomic mass is 9.93. The molecule has 0 bridgehead atoms.